The number of benzene rings is 1. The number of hydrogen-bond donors (Lipinski definition) is 2. The molecular weight excluding hydrogens is 553 g/mol. The minimum Gasteiger partial charge on any atom is -0.372 e. The largest absolute Gasteiger partial charge is 0.437 e. The number of aromatic nitrogens is 2. The highest BCUT2D eigenvalue weighted by Gasteiger charge is 2.64. The van der Waals surface area contributed by atoms with E-state index in [4.69, 9.17) is 9.57 Å². The number of rotatable bonds is 9. The van der Waals surface area contributed by atoms with Crippen LogP contribution in [0.1, 0.15) is 34.5 Å². The average Bonchev–Trinajstić information content (AvgIpc) is 3.42. The molecule has 2 aromatic rings. The van der Waals surface area contributed by atoms with Gasteiger partial charge in [-0.3, -0.25) is 14.8 Å². The van der Waals surface area contributed by atoms with Gasteiger partial charge < -0.3 is 14.9 Å². The van der Waals surface area contributed by atoms with Gasteiger partial charge in [0.05, 0.1) is 37.7 Å². The minimum atomic E-state index is -5.13. The molecule has 2 N–H and O–H groups in total. The fraction of sp³-hybridized carbons (Fsp3) is 0.500. The van der Waals surface area contributed by atoms with Crippen LogP contribution in [0.15, 0.2) is 29.4 Å². The Morgan fingerprint density at radius 1 is 1.13 bits per heavy atom. The number of nitrogens with zero attached hydrogens (tertiary/aromatic N) is 3. The number of oxime groups is 1. The quantitative estimate of drug-likeness (QED) is 0.268. The van der Waals surface area contributed by atoms with E-state index in [2.05, 4.69) is 15.6 Å². The fourth-order valence-electron chi connectivity index (χ4n) is 3.70. The van der Waals surface area contributed by atoms with Gasteiger partial charge in [0.2, 0.25) is 5.91 Å². The molecule has 0 saturated heterocycles. The zero-order valence-electron chi connectivity index (χ0n) is 20.3. The smallest absolute Gasteiger partial charge is 0.372 e. The van der Waals surface area contributed by atoms with E-state index in [1.807, 2.05) is 0 Å². The monoisotopic (exact) mass is 575 g/mol. The van der Waals surface area contributed by atoms with Crippen LogP contribution in [0, 0.1) is 6.92 Å². The lowest BCUT2D eigenvalue weighted by molar-refractivity contribution is -0.278. The third kappa shape index (κ3) is 7.20. The van der Waals surface area contributed by atoms with Crippen LogP contribution in [0.4, 0.5) is 39.5 Å². The topological polar surface area (TPSA) is 89.8 Å². The molecule has 216 valence electrons. The second kappa shape index (κ2) is 11.0. The Hall–Kier alpha value is -3.34. The van der Waals surface area contributed by atoms with E-state index in [1.165, 1.54) is 18.2 Å². The van der Waals surface area contributed by atoms with Crippen molar-refractivity contribution in [1.29, 1.82) is 0 Å². The predicted octanol–water partition coefficient (Wildman–Crippen LogP) is 4.07. The number of nitrogens with one attached hydrogen (secondary N) is 2. The summed E-state index contributed by atoms with van der Waals surface area (Å²) in [4.78, 5) is 16.1. The van der Waals surface area contributed by atoms with Gasteiger partial charge in [-0.1, -0.05) is 17.3 Å². The molecule has 0 aliphatic carbocycles. The van der Waals surface area contributed by atoms with Crippen LogP contribution in [-0.4, -0.2) is 53.6 Å². The lowest BCUT2D eigenvalue weighted by atomic mass is 9.89. The Morgan fingerprint density at radius 3 is 2.38 bits per heavy atom. The van der Waals surface area contributed by atoms with E-state index in [-0.39, 0.29) is 30.7 Å². The molecule has 1 aliphatic heterocycles. The van der Waals surface area contributed by atoms with Crippen LogP contribution in [0.5, 0.6) is 0 Å². The van der Waals surface area contributed by atoms with Crippen molar-refractivity contribution in [2.45, 2.75) is 44.1 Å². The molecule has 39 heavy (non-hydrogen) atoms. The molecule has 0 spiro atoms. The molecule has 1 aliphatic rings. The molecule has 0 bridgehead atoms. The standard InChI is InChI=1S/C22H22F9N5O3/c1-12-5-13(3-4-14(12)9-38-11-32-8-18(37)33-10-20(23,24)25)15-7-19(39-35-15,22(29,30)31)17-6-16(21(26,27)28)34-36(17)2/h3-6,32H,7-11H2,1-2H3,(H,33,37). The van der Waals surface area contributed by atoms with Gasteiger partial charge in [-0.15, -0.1) is 0 Å². The van der Waals surface area contributed by atoms with Crippen LogP contribution in [0.3, 0.4) is 0 Å². The van der Waals surface area contributed by atoms with E-state index in [9.17, 15) is 44.3 Å². The maximum atomic E-state index is 14.1. The first-order valence-corrected chi connectivity index (χ1v) is 11.1. The maximum absolute atomic E-state index is 14.1. The highest BCUT2D eigenvalue weighted by Crippen LogP contribution is 2.49. The van der Waals surface area contributed by atoms with Gasteiger partial charge in [-0.2, -0.15) is 44.6 Å². The van der Waals surface area contributed by atoms with Crippen molar-refractivity contribution in [3.05, 3.63) is 52.3 Å². The minimum absolute atomic E-state index is 0.00597. The molecular formula is C22H22F9N5O3. The summed E-state index contributed by atoms with van der Waals surface area (Å²) in [5.41, 5.74) is -4.28. The number of halogens is 9. The molecule has 0 saturated carbocycles. The summed E-state index contributed by atoms with van der Waals surface area (Å²) in [5.74, 6) is -0.883. The molecule has 1 atom stereocenters. The molecule has 1 amide bonds. The molecule has 1 aromatic heterocycles. The van der Waals surface area contributed by atoms with Gasteiger partial charge in [0.1, 0.15) is 6.54 Å². The van der Waals surface area contributed by atoms with Gasteiger partial charge in [-0.05, 0) is 35.7 Å². The Balaban J connectivity index is 1.63. The van der Waals surface area contributed by atoms with Crippen molar-refractivity contribution >= 4 is 11.6 Å². The number of ether oxygens (including phenoxy) is 1. The summed E-state index contributed by atoms with van der Waals surface area (Å²) in [7, 11) is 0.947. The Morgan fingerprint density at radius 2 is 1.82 bits per heavy atom. The van der Waals surface area contributed by atoms with E-state index in [0.29, 0.717) is 15.8 Å². The number of amides is 1. The number of aryl methyl sites for hydroxylation is 2. The summed E-state index contributed by atoms with van der Waals surface area (Å²) < 4.78 is 124. The molecule has 0 fully saturated rings. The number of hydrogen-bond acceptors (Lipinski definition) is 6. The third-order valence-corrected chi connectivity index (χ3v) is 5.68. The van der Waals surface area contributed by atoms with Crippen LogP contribution in [-0.2, 0) is 39.8 Å². The maximum Gasteiger partial charge on any atom is 0.437 e. The summed E-state index contributed by atoms with van der Waals surface area (Å²) >= 11 is 0. The number of carbonyl (C=O) groups excluding carboxylic acids is 1. The summed E-state index contributed by atoms with van der Waals surface area (Å²) in [6, 6.07) is 4.74. The van der Waals surface area contributed by atoms with Crippen molar-refractivity contribution in [2.75, 3.05) is 19.8 Å². The van der Waals surface area contributed by atoms with E-state index in [1.54, 1.807) is 12.2 Å². The van der Waals surface area contributed by atoms with Crippen LogP contribution in [0.2, 0.25) is 0 Å². The normalized spacial score (nSPS) is 18.2. The first kappa shape index (κ1) is 30.2. The first-order valence-electron chi connectivity index (χ1n) is 11.1. The van der Waals surface area contributed by atoms with Gasteiger partial charge in [0.15, 0.2) is 5.69 Å². The highest BCUT2D eigenvalue weighted by molar-refractivity contribution is 6.02. The van der Waals surface area contributed by atoms with E-state index < -0.39 is 60.9 Å². The second-order valence-electron chi connectivity index (χ2n) is 8.62. The van der Waals surface area contributed by atoms with Crippen LogP contribution in [0.25, 0.3) is 0 Å². The summed E-state index contributed by atoms with van der Waals surface area (Å²) in [6.07, 6.45) is -15.5. The number of alkyl halides is 9. The Labute approximate surface area is 215 Å². The predicted molar refractivity (Wildman–Crippen MR) is 116 cm³/mol. The Kier molecular flexibility index (Phi) is 8.54. The van der Waals surface area contributed by atoms with Crippen molar-refractivity contribution in [2.24, 2.45) is 12.2 Å². The lowest BCUT2D eigenvalue weighted by Crippen LogP contribution is -2.44. The van der Waals surface area contributed by atoms with Gasteiger partial charge >= 0.3 is 18.5 Å². The van der Waals surface area contributed by atoms with E-state index >= 15 is 0 Å². The van der Waals surface area contributed by atoms with E-state index in [0.717, 1.165) is 7.05 Å². The SMILES string of the molecule is Cc1cc(C2=NOC(c3cc(C(F)(F)F)nn3C)(C(F)(F)F)C2)ccc1COCNCC(=O)NCC(F)(F)F. The molecule has 0 radical (unpaired) electrons. The zero-order chi connectivity index (χ0) is 29.2. The highest BCUT2D eigenvalue weighted by atomic mass is 19.4. The zero-order valence-corrected chi connectivity index (χ0v) is 20.3. The molecule has 1 aromatic carbocycles. The van der Waals surface area contributed by atoms with Gasteiger partial charge in [-0.25, -0.2) is 0 Å². The first-order chi connectivity index (χ1) is 17.9. The fourth-order valence-corrected chi connectivity index (χ4v) is 3.70. The molecule has 2 heterocycles. The molecule has 17 heteroatoms. The molecule has 3 rings (SSSR count). The summed E-state index contributed by atoms with van der Waals surface area (Å²) in [6.45, 7) is -0.439. The summed E-state index contributed by atoms with van der Waals surface area (Å²) in [5, 5.41) is 10.9. The van der Waals surface area contributed by atoms with Crippen LogP contribution < -0.4 is 10.6 Å². The second-order valence-corrected chi connectivity index (χ2v) is 8.62. The van der Waals surface area contributed by atoms with Crippen molar-refractivity contribution in [3.8, 4) is 0 Å². The van der Waals surface area contributed by atoms with Crippen LogP contribution >= 0.6 is 0 Å². The van der Waals surface area contributed by atoms with Gasteiger partial charge in [0, 0.05) is 7.05 Å². The number of carbonyl (C=O) groups is 1. The van der Waals surface area contributed by atoms with Crippen molar-refractivity contribution in [3.63, 3.8) is 0 Å². The van der Waals surface area contributed by atoms with Gasteiger partial charge in [0.25, 0.3) is 5.60 Å². The third-order valence-electron chi connectivity index (χ3n) is 5.68. The average molecular weight is 575 g/mol. The Bertz CT molecular complexity index is 1220. The van der Waals surface area contributed by atoms with Crippen molar-refractivity contribution in [1.82, 2.24) is 20.4 Å². The lowest BCUT2D eigenvalue weighted by Gasteiger charge is -2.28. The molecule has 1 unspecified atom stereocenters. The van der Waals surface area contributed by atoms with Crippen molar-refractivity contribution < 1.29 is 53.9 Å². The molecule has 8 nitrogen and oxygen atoms in total.